The molecular formula is C11H6BrClFNO. The van der Waals surface area contributed by atoms with Gasteiger partial charge in [-0.05, 0) is 24.3 Å². The number of nitrogens with zero attached hydrogens (tertiary/aromatic N) is 1. The molecule has 0 aliphatic carbocycles. The van der Waals surface area contributed by atoms with Gasteiger partial charge in [0.05, 0.1) is 5.02 Å². The quantitative estimate of drug-likeness (QED) is 0.819. The van der Waals surface area contributed by atoms with Crippen molar-refractivity contribution in [3.63, 3.8) is 0 Å². The van der Waals surface area contributed by atoms with Gasteiger partial charge in [0.25, 0.3) is 5.88 Å². The third kappa shape index (κ3) is 2.71. The Morgan fingerprint density at radius 3 is 2.81 bits per heavy atom. The van der Waals surface area contributed by atoms with E-state index in [0.29, 0.717) is 5.75 Å². The van der Waals surface area contributed by atoms with Crippen LogP contribution in [0.1, 0.15) is 0 Å². The van der Waals surface area contributed by atoms with Gasteiger partial charge in [-0.15, -0.1) is 0 Å². The fourth-order valence-electron chi connectivity index (χ4n) is 1.12. The lowest BCUT2D eigenvalue weighted by Gasteiger charge is -2.05. The van der Waals surface area contributed by atoms with Crippen LogP contribution in [0.3, 0.4) is 0 Å². The second-order valence-electron chi connectivity index (χ2n) is 3.00. The number of pyridine rings is 1. The molecule has 0 amide bonds. The average molecular weight is 303 g/mol. The molecule has 0 radical (unpaired) electrons. The van der Waals surface area contributed by atoms with E-state index in [1.807, 2.05) is 6.07 Å². The molecule has 1 heterocycles. The molecule has 0 aliphatic rings. The molecule has 16 heavy (non-hydrogen) atoms. The van der Waals surface area contributed by atoms with Crippen LogP contribution in [0, 0.1) is 5.82 Å². The van der Waals surface area contributed by atoms with E-state index < -0.39 is 5.82 Å². The van der Waals surface area contributed by atoms with Crippen molar-refractivity contribution in [3.8, 4) is 11.6 Å². The Bertz CT molecular complexity index is 521. The second kappa shape index (κ2) is 4.80. The molecule has 0 saturated heterocycles. The predicted molar refractivity (Wildman–Crippen MR) is 63.4 cm³/mol. The van der Waals surface area contributed by atoms with Crippen molar-refractivity contribution < 1.29 is 9.13 Å². The van der Waals surface area contributed by atoms with Gasteiger partial charge in [-0.3, -0.25) is 0 Å². The minimum absolute atomic E-state index is 0.0949. The van der Waals surface area contributed by atoms with E-state index in [1.54, 1.807) is 18.2 Å². The van der Waals surface area contributed by atoms with Crippen LogP contribution in [0.5, 0.6) is 11.6 Å². The number of rotatable bonds is 2. The summed E-state index contributed by atoms with van der Waals surface area (Å²) in [5.74, 6) is -0.182. The number of hydrogen-bond acceptors (Lipinski definition) is 2. The van der Waals surface area contributed by atoms with Gasteiger partial charge in [-0.2, -0.15) is 0 Å². The molecule has 0 spiro atoms. The van der Waals surface area contributed by atoms with Crippen LogP contribution in [0.15, 0.2) is 41.0 Å². The molecule has 0 bridgehead atoms. The monoisotopic (exact) mass is 301 g/mol. The summed E-state index contributed by atoms with van der Waals surface area (Å²) in [5, 5.41) is 0.235. The molecule has 2 nitrogen and oxygen atoms in total. The largest absolute Gasteiger partial charge is 0.436 e. The summed E-state index contributed by atoms with van der Waals surface area (Å²) >= 11 is 8.87. The average Bonchev–Trinajstić information content (AvgIpc) is 2.22. The lowest BCUT2D eigenvalue weighted by atomic mass is 10.3. The van der Waals surface area contributed by atoms with Gasteiger partial charge < -0.3 is 4.74 Å². The van der Waals surface area contributed by atoms with Crippen LogP contribution >= 0.6 is 27.5 Å². The first-order valence-electron chi connectivity index (χ1n) is 4.39. The summed E-state index contributed by atoms with van der Waals surface area (Å²) in [4.78, 5) is 3.76. The van der Waals surface area contributed by atoms with Gasteiger partial charge in [0, 0.05) is 10.7 Å². The summed E-state index contributed by atoms with van der Waals surface area (Å²) in [7, 11) is 0. The zero-order valence-corrected chi connectivity index (χ0v) is 10.3. The van der Waals surface area contributed by atoms with Crippen molar-refractivity contribution >= 4 is 27.5 Å². The highest BCUT2D eigenvalue weighted by Crippen LogP contribution is 2.25. The van der Waals surface area contributed by atoms with E-state index >= 15 is 0 Å². The molecule has 2 rings (SSSR count). The topological polar surface area (TPSA) is 22.1 Å². The summed E-state index contributed by atoms with van der Waals surface area (Å²) in [6.45, 7) is 0. The van der Waals surface area contributed by atoms with Crippen molar-refractivity contribution in [1.82, 2.24) is 4.98 Å². The maximum atomic E-state index is 13.4. The summed E-state index contributed by atoms with van der Waals surface area (Å²) < 4.78 is 19.5. The number of benzene rings is 1. The second-order valence-corrected chi connectivity index (χ2v) is 4.35. The Hall–Kier alpha value is -1.13. The Kier molecular flexibility index (Phi) is 3.41. The minimum Gasteiger partial charge on any atom is -0.436 e. The fourth-order valence-corrected chi connectivity index (χ4v) is 1.64. The van der Waals surface area contributed by atoms with Gasteiger partial charge in [0.1, 0.15) is 5.75 Å². The Morgan fingerprint density at radius 1 is 1.31 bits per heavy atom. The van der Waals surface area contributed by atoms with Crippen molar-refractivity contribution in [1.29, 1.82) is 0 Å². The minimum atomic E-state index is -0.590. The van der Waals surface area contributed by atoms with Crippen molar-refractivity contribution in [2.75, 3.05) is 0 Å². The number of hydrogen-bond donors (Lipinski definition) is 0. The van der Waals surface area contributed by atoms with Crippen LogP contribution in [-0.2, 0) is 0 Å². The van der Waals surface area contributed by atoms with Gasteiger partial charge in [0.15, 0.2) is 5.82 Å². The first-order valence-corrected chi connectivity index (χ1v) is 5.57. The molecule has 0 saturated carbocycles. The Labute approximate surface area is 105 Å². The predicted octanol–water partition coefficient (Wildman–Crippen LogP) is 4.43. The smallest absolute Gasteiger partial charge is 0.255 e. The van der Waals surface area contributed by atoms with Crippen LogP contribution < -0.4 is 4.74 Å². The number of ether oxygens (including phenoxy) is 1. The first-order chi connectivity index (χ1) is 7.65. The molecule has 1 aromatic heterocycles. The van der Waals surface area contributed by atoms with Crippen LogP contribution in [0.4, 0.5) is 4.39 Å². The molecular weight excluding hydrogens is 296 g/mol. The van der Waals surface area contributed by atoms with Crippen LogP contribution in [-0.4, -0.2) is 4.98 Å². The van der Waals surface area contributed by atoms with Gasteiger partial charge in [-0.1, -0.05) is 33.6 Å². The molecule has 2 aromatic rings. The fraction of sp³-hybridized carbons (Fsp3) is 0. The molecule has 5 heteroatoms. The van der Waals surface area contributed by atoms with Gasteiger partial charge in [0.2, 0.25) is 0 Å². The van der Waals surface area contributed by atoms with Crippen molar-refractivity contribution in [2.45, 2.75) is 0 Å². The molecule has 1 aromatic carbocycles. The SMILES string of the molecule is Fc1cc(Cl)cnc1Oc1cccc(Br)c1. The Morgan fingerprint density at radius 2 is 2.12 bits per heavy atom. The summed E-state index contributed by atoms with van der Waals surface area (Å²) in [6, 6.07) is 8.21. The third-order valence-electron chi connectivity index (χ3n) is 1.78. The zero-order valence-electron chi connectivity index (χ0n) is 7.95. The zero-order chi connectivity index (χ0) is 11.5. The summed E-state index contributed by atoms with van der Waals surface area (Å²) in [5.41, 5.74) is 0. The van der Waals surface area contributed by atoms with E-state index in [1.165, 1.54) is 6.20 Å². The van der Waals surface area contributed by atoms with Crippen LogP contribution in [0.2, 0.25) is 5.02 Å². The molecule has 82 valence electrons. The normalized spacial score (nSPS) is 10.2. The lowest BCUT2D eigenvalue weighted by molar-refractivity contribution is 0.422. The molecule has 0 N–H and O–H groups in total. The van der Waals surface area contributed by atoms with E-state index in [0.717, 1.165) is 10.5 Å². The Balaban J connectivity index is 2.27. The van der Waals surface area contributed by atoms with Gasteiger partial charge >= 0.3 is 0 Å². The van der Waals surface area contributed by atoms with Crippen molar-refractivity contribution in [2.24, 2.45) is 0 Å². The van der Waals surface area contributed by atoms with E-state index in [2.05, 4.69) is 20.9 Å². The summed E-state index contributed by atoms with van der Waals surface area (Å²) in [6.07, 6.45) is 1.33. The number of aromatic nitrogens is 1. The first kappa shape index (κ1) is 11.4. The van der Waals surface area contributed by atoms with Crippen LogP contribution in [0.25, 0.3) is 0 Å². The van der Waals surface area contributed by atoms with Gasteiger partial charge in [-0.25, -0.2) is 9.37 Å². The van der Waals surface area contributed by atoms with E-state index in [9.17, 15) is 4.39 Å². The molecule has 0 unspecified atom stereocenters. The molecule has 0 aliphatic heterocycles. The highest BCUT2D eigenvalue weighted by Gasteiger charge is 2.07. The third-order valence-corrected chi connectivity index (χ3v) is 2.48. The highest BCUT2D eigenvalue weighted by molar-refractivity contribution is 9.10. The maximum Gasteiger partial charge on any atom is 0.255 e. The van der Waals surface area contributed by atoms with Crippen molar-refractivity contribution in [3.05, 3.63) is 51.8 Å². The molecule has 0 atom stereocenters. The highest BCUT2D eigenvalue weighted by atomic mass is 79.9. The number of halogens is 3. The maximum absolute atomic E-state index is 13.4. The van der Waals surface area contributed by atoms with E-state index in [-0.39, 0.29) is 10.9 Å². The standard InChI is InChI=1S/C11H6BrClFNO/c12-7-2-1-3-9(4-7)16-11-10(14)5-8(13)6-15-11/h1-6H. The van der Waals surface area contributed by atoms with E-state index in [4.69, 9.17) is 16.3 Å². The lowest BCUT2D eigenvalue weighted by Crippen LogP contribution is -1.91. The molecule has 0 fully saturated rings.